The molecule has 0 radical (unpaired) electrons. The van der Waals surface area contributed by atoms with Crippen molar-refractivity contribution in [3.63, 3.8) is 0 Å². The van der Waals surface area contributed by atoms with E-state index in [2.05, 4.69) is 20.8 Å². The summed E-state index contributed by atoms with van der Waals surface area (Å²) in [6.45, 7) is 3.15. The van der Waals surface area contributed by atoms with Crippen molar-refractivity contribution in [1.82, 2.24) is 20.1 Å². The smallest absolute Gasteiger partial charge is 0.230 e. The highest BCUT2D eigenvalue weighted by Crippen LogP contribution is 2.24. The second-order valence-electron chi connectivity index (χ2n) is 6.57. The Hall–Kier alpha value is -2.39. The van der Waals surface area contributed by atoms with E-state index in [0.717, 1.165) is 30.7 Å². The van der Waals surface area contributed by atoms with Crippen LogP contribution in [0.5, 0.6) is 0 Å². The van der Waals surface area contributed by atoms with Crippen molar-refractivity contribution in [2.45, 2.75) is 37.4 Å². The van der Waals surface area contributed by atoms with E-state index in [1.807, 2.05) is 42.8 Å². The molecule has 150 valence electrons. The largest absolute Gasteiger partial charge is 0.376 e. The zero-order valence-electron chi connectivity index (χ0n) is 16.1. The maximum atomic E-state index is 12.0. The standard InChI is InChI=1S/C19H25N5O3S/c1-3-16(25)21-14-8-6-13(7-9-14)18-22-23-19(24(18)2)28-12-17(26)20-11-15-5-4-10-27-15/h6-9,15H,3-5,10-12H2,1-2H3,(H,20,26)(H,21,25)/t15-/m0/s1. The maximum Gasteiger partial charge on any atom is 0.230 e. The summed E-state index contributed by atoms with van der Waals surface area (Å²) >= 11 is 1.35. The first-order valence-electron chi connectivity index (χ1n) is 9.37. The van der Waals surface area contributed by atoms with Crippen molar-refractivity contribution in [3.8, 4) is 11.4 Å². The maximum absolute atomic E-state index is 12.0. The van der Waals surface area contributed by atoms with Crippen molar-refractivity contribution in [3.05, 3.63) is 24.3 Å². The van der Waals surface area contributed by atoms with Gasteiger partial charge >= 0.3 is 0 Å². The van der Waals surface area contributed by atoms with Gasteiger partial charge in [0.2, 0.25) is 11.8 Å². The molecule has 8 nitrogen and oxygen atoms in total. The molecular weight excluding hydrogens is 378 g/mol. The van der Waals surface area contributed by atoms with Crippen LogP contribution in [0, 0.1) is 0 Å². The number of thioether (sulfide) groups is 1. The van der Waals surface area contributed by atoms with Gasteiger partial charge in [-0.1, -0.05) is 18.7 Å². The predicted octanol–water partition coefficient (Wildman–Crippen LogP) is 2.22. The number of nitrogens with one attached hydrogen (secondary N) is 2. The summed E-state index contributed by atoms with van der Waals surface area (Å²) in [5.41, 5.74) is 1.63. The SMILES string of the molecule is CCC(=O)Nc1ccc(-c2nnc(SCC(=O)NC[C@@H]3CCCO3)n2C)cc1. The van der Waals surface area contributed by atoms with Gasteiger partial charge in [-0.15, -0.1) is 10.2 Å². The van der Waals surface area contributed by atoms with Crippen LogP contribution in [0.4, 0.5) is 5.69 Å². The summed E-state index contributed by atoms with van der Waals surface area (Å²) in [6.07, 6.45) is 2.64. The van der Waals surface area contributed by atoms with Gasteiger partial charge in [-0.3, -0.25) is 9.59 Å². The Labute approximate surface area is 168 Å². The molecule has 1 aliphatic heterocycles. The third-order valence-corrected chi connectivity index (χ3v) is 5.49. The summed E-state index contributed by atoms with van der Waals surface area (Å²) < 4.78 is 7.36. The lowest BCUT2D eigenvalue weighted by molar-refractivity contribution is -0.119. The summed E-state index contributed by atoms with van der Waals surface area (Å²) in [6, 6.07) is 7.45. The highest BCUT2D eigenvalue weighted by atomic mass is 32.2. The van der Waals surface area contributed by atoms with E-state index in [0.29, 0.717) is 23.9 Å². The molecule has 0 saturated carbocycles. The number of carbonyl (C=O) groups is 2. The number of carbonyl (C=O) groups excluding carboxylic acids is 2. The highest BCUT2D eigenvalue weighted by Gasteiger charge is 2.17. The van der Waals surface area contributed by atoms with Crippen molar-refractivity contribution in [2.24, 2.45) is 7.05 Å². The molecule has 2 aromatic rings. The average Bonchev–Trinajstić information content (AvgIpc) is 3.35. The zero-order chi connectivity index (χ0) is 19.9. The second-order valence-corrected chi connectivity index (χ2v) is 7.51. The Kier molecular flexibility index (Phi) is 7.05. The molecule has 1 aromatic carbocycles. The number of hydrogen-bond donors (Lipinski definition) is 2. The van der Waals surface area contributed by atoms with Crippen LogP contribution in [0.3, 0.4) is 0 Å². The molecule has 1 aliphatic rings. The van der Waals surface area contributed by atoms with Crippen molar-refractivity contribution >= 4 is 29.3 Å². The van der Waals surface area contributed by atoms with Crippen LogP contribution in [-0.2, 0) is 21.4 Å². The Morgan fingerprint density at radius 3 is 2.71 bits per heavy atom. The van der Waals surface area contributed by atoms with Gasteiger partial charge in [-0.25, -0.2) is 0 Å². The lowest BCUT2D eigenvalue weighted by Gasteiger charge is -2.10. The van der Waals surface area contributed by atoms with Gasteiger partial charge in [0.25, 0.3) is 0 Å². The number of benzene rings is 1. The fraction of sp³-hybridized carbons (Fsp3) is 0.474. The van der Waals surface area contributed by atoms with Crippen LogP contribution in [-0.4, -0.2) is 51.6 Å². The van der Waals surface area contributed by atoms with Crippen molar-refractivity contribution in [1.29, 1.82) is 0 Å². The first-order valence-corrected chi connectivity index (χ1v) is 10.4. The summed E-state index contributed by atoms with van der Waals surface area (Å²) in [7, 11) is 1.87. The molecular formula is C19H25N5O3S. The molecule has 2 N–H and O–H groups in total. The third kappa shape index (κ3) is 5.32. The first-order chi connectivity index (χ1) is 13.6. The summed E-state index contributed by atoms with van der Waals surface area (Å²) in [4.78, 5) is 23.5. The number of aromatic nitrogens is 3. The van der Waals surface area contributed by atoms with E-state index in [-0.39, 0.29) is 23.7 Å². The zero-order valence-corrected chi connectivity index (χ0v) is 16.9. The Morgan fingerprint density at radius 1 is 1.25 bits per heavy atom. The second kappa shape index (κ2) is 9.70. The summed E-state index contributed by atoms with van der Waals surface area (Å²) in [5.74, 6) is 0.917. The topological polar surface area (TPSA) is 98.1 Å². The van der Waals surface area contributed by atoms with Crippen molar-refractivity contribution < 1.29 is 14.3 Å². The number of rotatable bonds is 8. The predicted molar refractivity (Wildman–Crippen MR) is 108 cm³/mol. The van der Waals surface area contributed by atoms with Gasteiger partial charge in [-0.2, -0.15) is 0 Å². The molecule has 3 rings (SSSR count). The normalized spacial score (nSPS) is 16.1. The molecule has 0 spiro atoms. The van der Waals surface area contributed by atoms with Crippen LogP contribution >= 0.6 is 11.8 Å². The molecule has 2 amide bonds. The molecule has 1 aromatic heterocycles. The van der Waals surface area contributed by atoms with Crippen LogP contribution in [0.15, 0.2) is 29.4 Å². The quantitative estimate of drug-likeness (QED) is 0.656. The van der Waals surface area contributed by atoms with E-state index in [1.165, 1.54) is 11.8 Å². The van der Waals surface area contributed by atoms with Crippen LogP contribution in [0.25, 0.3) is 11.4 Å². The number of amides is 2. The van der Waals surface area contributed by atoms with E-state index < -0.39 is 0 Å². The lowest BCUT2D eigenvalue weighted by atomic mass is 10.2. The monoisotopic (exact) mass is 403 g/mol. The molecule has 0 aliphatic carbocycles. The highest BCUT2D eigenvalue weighted by molar-refractivity contribution is 7.99. The van der Waals surface area contributed by atoms with E-state index in [4.69, 9.17) is 4.74 Å². The van der Waals surface area contributed by atoms with Crippen LogP contribution in [0.1, 0.15) is 26.2 Å². The minimum Gasteiger partial charge on any atom is -0.376 e. The van der Waals surface area contributed by atoms with Gasteiger partial charge in [0.15, 0.2) is 11.0 Å². The fourth-order valence-corrected chi connectivity index (χ4v) is 3.60. The molecule has 1 saturated heterocycles. The van der Waals surface area contributed by atoms with E-state index in [9.17, 15) is 9.59 Å². The molecule has 0 unspecified atom stereocenters. The number of hydrogen-bond acceptors (Lipinski definition) is 6. The molecule has 0 bridgehead atoms. The minimum atomic E-state index is -0.0407. The number of ether oxygens (including phenoxy) is 1. The molecule has 1 fully saturated rings. The molecule has 9 heteroatoms. The van der Waals surface area contributed by atoms with Gasteiger partial charge in [-0.05, 0) is 37.1 Å². The third-order valence-electron chi connectivity index (χ3n) is 4.47. The molecule has 1 atom stereocenters. The Bertz CT molecular complexity index is 815. The number of nitrogens with zero attached hydrogens (tertiary/aromatic N) is 3. The van der Waals surface area contributed by atoms with E-state index >= 15 is 0 Å². The lowest BCUT2D eigenvalue weighted by Crippen LogP contribution is -2.32. The Balaban J connectivity index is 1.54. The van der Waals surface area contributed by atoms with Crippen LogP contribution < -0.4 is 10.6 Å². The van der Waals surface area contributed by atoms with Gasteiger partial charge in [0, 0.05) is 37.9 Å². The van der Waals surface area contributed by atoms with E-state index in [1.54, 1.807) is 0 Å². The first kappa shape index (κ1) is 20.3. The van der Waals surface area contributed by atoms with Crippen molar-refractivity contribution in [2.75, 3.05) is 24.2 Å². The van der Waals surface area contributed by atoms with Gasteiger partial charge in [0.1, 0.15) is 0 Å². The Morgan fingerprint density at radius 2 is 2.04 bits per heavy atom. The van der Waals surface area contributed by atoms with Gasteiger partial charge < -0.3 is 19.9 Å². The molecule has 2 heterocycles. The average molecular weight is 404 g/mol. The van der Waals surface area contributed by atoms with Crippen LogP contribution in [0.2, 0.25) is 0 Å². The minimum absolute atomic E-state index is 0.0251. The fourth-order valence-electron chi connectivity index (χ4n) is 2.86. The molecule has 28 heavy (non-hydrogen) atoms. The van der Waals surface area contributed by atoms with Gasteiger partial charge in [0.05, 0.1) is 11.9 Å². The number of anilines is 1. The summed E-state index contributed by atoms with van der Waals surface area (Å²) in [5, 5.41) is 14.8.